The molecule has 0 fully saturated rings. The molecule has 0 saturated carbocycles. The van der Waals surface area contributed by atoms with E-state index >= 15 is 0 Å². The van der Waals surface area contributed by atoms with E-state index in [1.54, 1.807) is 0 Å². The lowest BCUT2D eigenvalue weighted by Gasteiger charge is -2.16. The van der Waals surface area contributed by atoms with Gasteiger partial charge in [-0.2, -0.15) is 0 Å². The van der Waals surface area contributed by atoms with Gasteiger partial charge in [0.2, 0.25) is 5.79 Å². The quantitative estimate of drug-likeness (QED) is 0.721. The summed E-state index contributed by atoms with van der Waals surface area (Å²) in [5, 5.41) is 0. The van der Waals surface area contributed by atoms with Crippen molar-refractivity contribution in [2.75, 3.05) is 0 Å². The van der Waals surface area contributed by atoms with Crippen molar-refractivity contribution in [2.45, 2.75) is 45.8 Å². The molecule has 0 aliphatic carbocycles. The van der Waals surface area contributed by atoms with Crippen LogP contribution in [0, 0.1) is 12.3 Å². The Labute approximate surface area is 103 Å². The zero-order chi connectivity index (χ0) is 12.6. The summed E-state index contributed by atoms with van der Waals surface area (Å²) in [6.07, 6.45) is 6.61. The maximum Gasteiger partial charge on any atom is 0.246 e. The summed E-state index contributed by atoms with van der Waals surface area (Å²) in [5.41, 5.74) is 2.06. The minimum absolute atomic E-state index is 0.429. The summed E-state index contributed by atoms with van der Waals surface area (Å²) in [6, 6.07) is 3.93. The lowest BCUT2D eigenvalue weighted by molar-refractivity contribution is -0.0431. The van der Waals surface area contributed by atoms with Crippen molar-refractivity contribution in [1.82, 2.24) is 0 Å². The van der Waals surface area contributed by atoms with Crippen molar-refractivity contribution < 1.29 is 9.47 Å². The van der Waals surface area contributed by atoms with Crippen LogP contribution in [0.5, 0.6) is 11.5 Å². The topological polar surface area (TPSA) is 18.5 Å². The molecule has 1 atom stereocenters. The number of terminal acetylenes is 1. The molecule has 1 unspecified atom stereocenters. The Morgan fingerprint density at radius 3 is 2.41 bits per heavy atom. The van der Waals surface area contributed by atoms with Crippen LogP contribution in [0.1, 0.15) is 51.2 Å². The van der Waals surface area contributed by atoms with E-state index in [1.165, 1.54) is 0 Å². The lowest BCUT2D eigenvalue weighted by atomic mass is 9.93. The van der Waals surface area contributed by atoms with E-state index in [4.69, 9.17) is 15.9 Å². The molecule has 0 bridgehead atoms. The molecule has 0 amide bonds. The SMILES string of the molecule is C#Cc1cc2c(cc1C(C)CC)OC(C)(C)O2. The number of hydrogen-bond donors (Lipinski definition) is 0. The molecule has 0 aromatic heterocycles. The van der Waals surface area contributed by atoms with Crippen LogP contribution in [0.2, 0.25) is 0 Å². The first kappa shape index (κ1) is 11.9. The Bertz CT molecular complexity index is 480. The highest BCUT2D eigenvalue weighted by Gasteiger charge is 2.32. The van der Waals surface area contributed by atoms with Crippen LogP contribution < -0.4 is 9.47 Å². The Kier molecular flexibility index (Phi) is 2.79. The van der Waals surface area contributed by atoms with Crippen molar-refractivity contribution in [3.8, 4) is 23.8 Å². The van der Waals surface area contributed by atoms with Crippen molar-refractivity contribution in [3.63, 3.8) is 0 Å². The molecule has 1 aromatic rings. The summed E-state index contributed by atoms with van der Waals surface area (Å²) in [6.45, 7) is 8.11. The van der Waals surface area contributed by atoms with E-state index < -0.39 is 5.79 Å². The second-order valence-corrected chi connectivity index (χ2v) is 4.94. The first-order valence-corrected chi connectivity index (χ1v) is 5.99. The van der Waals surface area contributed by atoms with Gasteiger partial charge >= 0.3 is 0 Å². The highest BCUT2D eigenvalue weighted by atomic mass is 16.7. The molecule has 0 radical (unpaired) electrons. The molecule has 1 aliphatic rings. The van der Waals surface area contributed by atoms with Crippen LogP contribution in [0.3, 0.4) is 0 Å². The fourth-order valence-electron chi connectivity index (χ4n) is 2.04. The summed E-state index contributed by atoms with van der Waals surface area (Å²) in [4.78, 5) is 0. The van der Waals surface area contributed by atoms with Gasteiger partial charge in [0, 0.05) is 25.5 Å². The number of fused-ring (bicyclic) bond motifs is 1. The zero-order valence-corrected chi connectivity index (χ0v) is 10.8. The van der Waals surface area contributed by atoms with E-state index in [0.29, 0.717) is 5.92 Å². The number of rotatable bonds is 2. The predicted molar refractivity (Wildman–Crippen MR) is 68.4 cm³/mol. The summed E-state index contributed by atoms with van der Waals surface area (Å²) < 4.78 is 11.4. The maximum atomic E-state index is 5.74. The molecule has 17 heavy (non-hydrogen) atoms. The van der Waals surface area contributed by atoms with Crippen molar-refractivity contribution in [2.24, 2.45) is 0 Å². The first-order chi connectivity index (χ1) is 7.96. The Morgan fingerprint density at radius 2 is 1.88 bits per heavy atom. The third-order valence-electron chi connectivity index (χ3n) is 3.13. The van der Waals surface area contributed by atoms with Crippen LogP contribution in [0.15, 0.2) is 12.1 Å². The third kappa shape index (κ3) is 2.10. The summed E-state index contributed by atoms with van der Waals surface area (Å²) in [7, 11) is 0. The van der Waals surface area contributed by atoms with Gasteiger partial charge in [0.25, 0.3) is 0 Å². The minimum atomic E-state index is -0.595. The average molecular weight is 230 g/mol. The second kappa shape index (κ2) is 4.00. The van der Waals surface area contributed by atoms with Gasteiger partial charge in [-0.3, -0.25) is 0 Å². The molecular formula is C15H18O2. The molecule has 1 aliphatic heterocycles. The van der Waals surface area contributed by atoms with Crippen LogP contribution in [-0.2, 0) is 0 Å². The Balaban J connectivity index is 2.49. The molecule has 0 N–H and O–H groups in total. The van der Waals surface area contributed by atoms with E-state index in [0.717, 1.165) is 29.0 Å². The maximum absolute atomic E-state index is 5.74. The molecule has 1 heterocycles. The van der Waals surface area contributed by atoms with Gasteiger partial charge in [0.15, 0.2) is 11.5 Å². The molecular weight excluding hydrogens is 212 g/mol. The van der Waals surface area contributed by atoms with Crippen molar-refractivity contribution in [1.29, 1.82) is 0 Å². The molecule has 1 aromatic carbocycles. The Hall–Kier alpha value is -1.62. The standard InChI is InChI=1S/C15H18O2/c1-6-10(3)12-9-14-13(8-11(12)7-2)16-15(4,5)17-14/h2,8-10H,6H2,1,3-5H3. The first-order valence-electron chi connectivity index (χ1n) is 5.99. The smallest absolute Gasteiger partial charge is 0.246 e. The predicted octanol–water partition coefficient (Wildman–Crippen LogP) is 3.69. The number of ether oxygens (including phenoxy) is 2. The zero-order valence-electron chi connectivity index (χ0n) is 10.8. The van der Waals surface area contributed by atoms with Crippen LogP contribution in [0.4, 0.5) is 0 Å². The van der Waals surface area contributed by atoms with Crippen LogP contribution in [0.25, 0.3) is 0 Å². The fourth-order valence-corrected chi connectivity index (χ4v) is 2.04. The van der Waals surface area contributed by atoms with Gasteiger partial charge in [-0.05, 0) is 24.0 Å². The summed E-state index contributed by atoms with van der Waals surface area (Å²) >= 11 is 0. The molecule has 2 rings (SSSR count). The molecule has 0 spiro atoms. The normalized spacial score (nSPS) is 17.6. The monoisotopic (exact) mass is 230 g/mol. The molecule has 2 nitrogen and oxygen atoms in total. The highest BCUT2D eigenvalue weighted by Crippen LogP contribution is 2.42. The van der Waals surface area contributed by atoms with E-state index in [9.17, 15) is 0 Å². The van der Waals surface area contributed by atoms with E-state index in [1.807, 2.05) is 26.0 Å². The molecule has 0 saturated heterocycles. The summed E-state index contributed by atoms with van der Waals surface area (Å²) in [5.74, 6) is 4.11. The van der Waals surface area contributed by atoms with Gasteiger partial charge in [-0.1, -0.05) is 19.8 Å². The van der Waals surface area contributed by atoms with Crippen LogP contribution in [-0.4, -0.2) is 5.79 Å². The van der Waals surface area contributed by atoms with Gasteiger partial charge < -0.3 is 9.47 Å². The van der Waals surface area contributed by atoms with Crippen LogP contribution >= 0.6 is 0 Å². The van der Waals surface area contributed by atoms with Crippen molar-refractivity contribution >= 4 is 0 Å². The van der Waals surface area contributed by atoms with Gasteiger partial charge in [-0.25, -0.2) is 0 Å². The molecule has 90 valence electrons. The Morgan fingerprint density at radius 1 is 1.29 bits per heavy atom. The highest BCUT2D eigenvalue weighted by molar-refractivity contribution is 5.55. The van der Waals surface area contributed by atoms with E-state index in [2.05, 4.69) is 19.8 Å². The van der Waals surface area contributed by atoms with Crippen molar-refractivity contribution in [3.05, 3.63) is 23.3 Å². The number of benzene rings is 1. The largest absolute Gasteiger partial charge is 0.449 e. The minimum Gasteiger partial charge on any atom is -0.449 e. The fraction of sp³-hybridized carbons (Fsp3) is 0.467. The number of hydrogen-bond acceptors (Lipinski definition) is 2. The molecule has 2 heteroatoms. The van der Waals surface area contributed by atoms with Gasteiger partial charge in [0.05, 0.1) is 0 Å². The third-order valence-corrected chi connectivity index (χ3v) is 3.13. The van der Waals surface area contributed by atoms with Gasteiger partial charge in [0.1, 0.15) is 0 Å². The second-order valence-electron chi connectivity index (χ2n) is 4.94. The average Bonchev–Trinajstić information content (AvgIpc) is 2.59. The van der Waals surface area contributed by atoms with E-state index in [-0.39, 0.29) is 0 Å². The van der Waals surface area contributed by atoms with Gasteiger partial charge in [-0.15, -0.1) is 6.42 Å². The lowest BCUT2D eigenvalue weighted by Crippen LogP contribution is -2.29.